The quantitative estimate of drug-likeness (QED) is 0.481. The molecular formula is C12H13ClN4O3. The highest BCUT2D eigenvalue weighted by molar-refractivity contribution is 6.20. The number of aromatic nitrogens is 3. The van der Waals surface area contributed by atoms with E-state index in [1.807, 2.05) is 6.92 Å². The van der Waals surface area contributed by atoms with E-state index in [0.29, 0.717) is 17.1 Å². The smallest absolute Gasteiger partial charge is 0.273 e. The number of hydrogen-bond donors (Lipinski definition) is 0. The number of benzene rings is 1. The summed E-state index contributed by atoms with van der Waals surface area (Å²) < 4.78 is 6.65. The van der Waals surface area contributed by atoms with Gasteiger partial charge in [-0.1, -0.05) is 12.1 Å². The number of halogens is 1. The van der Waals surface area contributed by atoms with Crippen molar-refractivity contribution in [2.45, 2.75) is 18.7 Å². The van der Waals surface area contributed by atoms with Crippen LogP contribution in [-0.4, -0.2) is 27.0 Å². The van der Waals surface area contributed by atoms with Gasteiger partial charge in [0, 0.05) is 6.07 Å². The molecule has 1 heterocycles. The van der Waals surface area contributed by atoms with Crippen LogP contribution in [0, 0.1) is 10.1 Å². The monoisotopic (exact) mass is 296 g/mol. The molecule has 0 aliphatic rings. The molecule has 0 N–H and O–H groups in total. The Balaban J connectivity index is 2.41. The zero-order valence-corrected chi connectivity index (χ0v) is 11.7. The minimum atomic E-state index is -0.481. The van der Waals surface area contributed by atoms with E-state index in [2.05, 4.69) is 10.3 Å². The molecule has 2 rings (SSSR count). The highest BCUT2D eigenvalue weighted by Gasteiger charge is 2.16. The Kier molecular flexibility index (Phi) is 4.19. The maximum absolute atomic E-state index is 10.7. The fourth-order valence-corrected chi connectivity index (χ4v) is 1.82. The molecule has 0 aliphatic carbocycles. The highest BCUT2D eigenvalue weighted by atomic mass is 35.5. The molecule has 0 radical (unpaired) electrons. The van der Waals surface area contributed by atoms with Gasteiger partial charge < -0.3 is 4.74 Å². The molecule has 0 fully saturated rings. The van der Waals surface area contributed by atoms with Crippen LogP contribution in [0.15, 0.2) is 24.4 Å². The second-order valence-electron chi connectivity index (χ2n) is 4.08. The van der Waals surface area contributed by atoms with E-state index in [1.165, 1.54) is 23.9 Å². The van der Waals surface area contributed by atoms with Crippen molar-refractivity contribution in [3.8, 4) is 11.4 Å². The summed E-state index contributed by atoms with van der Waals surface area (Å²) in [4.78, 5) is 10.3. The number of alkyl halides is 1. The lowest BCUT2D eigenvalue weighted by atomic mass is 10.2. The molecule has 0 saturated heterocycles. The number of nitro groups is 1. The molecule has 1 aromatic heterocycles. The number of ether oxygens (including phenoxy) is 1. The summed E-state index contributed by atoms with van der Waals surface area (Å²) in [6, 6.07) is 4.29. The van der Waals surface area contributed by atoms with E-state index in [-0.39, 0.29) is 11.1 Å². The topological polar surface area (TPSA) is 83.1 Å². The van der Waals surface area contributed by atoms with Crippen molar-refractivity contribution in [1.82, 2.24) is 15.0 Å². The second-order valence-corrected chi connectivity index (χ2v) is 4.60. The Bertz CT molecular complexity index is 629. The standard InChI is InChI=1S/C12H13ClN4O3/c1-3-9(13)10-7-16(15-14-10)11-5-4-8(17(18)19)6-12(11)20-2/h4-7,9H,3H2,1-2H3. The lowest BCUT2D eigenvalue weighted by Crippen LogP contribution is -2.00. The van der Waals surface area contributed by atoms with Gasteiger partial charge in [-0.25, -0.2) is 4.68 Å². The molecular weight excluding hydrogens is 284 g/mol. The van der Waals surface area contributed by atoms with Crippen LogP contribution < -0.4 is 4.74 Å². The SMILES string of the molecule is CCC(Cl)c1cn(-c2ccc([N+](=O)[O-])cc2OC)nn1. The zero-order valence-electron chi connectivity index (χ0n) is 11.0. The fourth-order valence-electron chi connectivity index (χ4n) is 1.72. The van der Waals surface area contributed by atoms with Crippen LogP contribution in [0.4, 0.5) is 5.69 Å². The van der Waals surface area contributed by atoms with Gasteiger partial charge in [-0.15, -0.1) is 16.7 Å². The van der Waals surface area contributed by atoms with Crippen LogP contribution in [-0.2, 0) is 0 Å². The first-order valence-corrected chi connectivity index (χ1v) is 6.39. The van der Waals surface area contributed by atoms with Crippen molar-refractivity contribution in [2.75, 3.05) is 7.11 Å². The molecule has 1 atom stereocenters. The largest absolute Gasteiger partial charge is 0.494 e. The lowest BCUT2D eigenvalue weighted by molar-refractivity contribution is -0.384. The van der Waals surface area contributed by atoms with Crippen molar-refractivity contribution in [1.29, 1.82) is 0 Å². The molecule has 1 unspecified atom stereocenters. The van der Waals surface area contributed by atoms with Crippen LogP contribution in [0.25, 0.3) is 5.69 Å². The van der Waals surface area contributed by atoms with E-state index in [4.69, 9.17) is 16.3 Å². The summed E-state index contributed by atoms with van der Waals surface area (Å²) in [5, 5.41) is 18.5. The van der Waals surface area contributed by atoms with E-state index < -0.39 is 4.92 Å². The molecule has 106 valence electrons. The zero-order chi connectivity index (χ0) is 14.7. The van der Waals surface area contributed by atoms with Gasteiger partial charge in [0.2, 0.25) is 0 Å². The average molecular weight is 297 g/mol. The first-order valence-electron chi connectivity index (χ1n) is 5.96. The van der Waals surface area contributed by atoms with Crippen LogP contribution in [0.1, 0.15) is 24.4 Å². The second kappa shape index (κ2) is 5.87. The first kappa shape index (κ1) is 14.3. The molecule has 2 aromatic rings. The maximum Gasteiger partial charge on any atom is 0.273 e. The first-order chi connectivity index (χ1) is 9.56. The normalized spacial score (nSPS) is 12.2. The van der Waals surface area contributed by atoms with Crippen molar-refractivity contribution >= 4 is 17.3 Å². The maximum atomic E-state index is 10.7. The van der Waals surface area contributed by atoms with Gasteiger partial charge in [0.25, 0.3) is 5.69 Å². The summed E-state index contributed by atoms with van der Waals surface area (Å²) in [6.45, 7) is 1.95. The van der Waals surface area contributed by atoms with Gasteiger partial charge >= 0.3 is 0 Å². The van der Waals surface area contributed by atoms with Gasteiger partial charge in [-0.2, -0.15) is 0 Å². The molecule has 7 nitrogen and oxygen atoms in total. The summed E-state index contributed by atoms with van der Waals surface area (Å²) in [7, 11) is 1.44. The third-order valence-electron chi connectivity index (χ3n) is 2.81. The van der Waals surface area contributed by atoms with Gasteiger partial charge in [0.15, 0.2) is 5.75 Å². The average Bonchev–Trinajstić information content (AvgIpc) is 2.95. The van der Waals surface area contributed by atoms with Gasteiger partial charge in [-0.05, 0) is 12.5 Å². The molecule has 0 aliphatic heterocycles. The summed E-state index contributed by atoms with van der Waals surface area (Å²) >= 11 is 6.10. The molecule has 1 aromatic carbocycles. The number of methoxy groups -OCH3 is 1. The molecule has 8 heteroatoms. The number of hydrogen-bond acceptors (Lipinski definition) is 5. The van der Waals surface area contributed by atoms with Crippen LogP contribution >= 0.6 is 11.6 Å². The van der Waals surface area contributed by atoms with E-state index in [9.17, 15) is 10.1 Å². The van der Waals surface area contributed by atoms with Crippen molar-refractivity contribution in [2.24, 2.45) is 0 Å². The minimum Gasteiger partial charge on any atom is -0.494 e. The molecule has 0 saturated carbocycles. The molecule has 20 heavy (non-hydrogen) atoms. The Hall–Kier alpha value is -2.15. The van der Waals surface area contributed by atoms with Crippen LogP contribution in [0.5, 0.6) is 5.75 Å². The number of non-ortho nitro benzene ring substituents is 1. The molecule has 0 spiro atoms. The fraction of sp³-hybridized carbons (Fsp3) is 0.333. The summed E-state index contributed by atoms with van der Waals surface area (Å²) in [5.74, 6) is 0.346. The van der Waals surface area contributed by atoms with Gasteiger partial charge in [0.1, 0.15) is 11.4 Å². The molecule has 0 bridgehead atoms. The van der Waals surface area contributed by atoms with Crippen LogP contribution in [0.2, 0.25) is 0 Å². The van der Waals surface area contributed by atoms with E-state index >= 15 is 0 Å². The lowest BCUT2D eigenvalue weighted by Gasteiger charge is -2.07. The predicted molar refractivity (Wildman–Crippen MR) is 73.5 cm³/mol. The number of nitrogens with zero attached hydrogens (tertiary/aromatic N) is 4. The highest BCUT2D eigenvalue weighted by Crippen LogP contribution is 2.28. The number of nitro benzene ring substituents is 1. The number of rotatable bonds is 5. The van der Waals surface area contributed by atoms with Gasteiger partial charge in [-0.3, -0.25) is 10.1 Å². The Morgan fingerprint density at radius 2 is 2.30 bits per heavy atom. The predicted octanol–water partition coefficient (Wildman–Crippen LogP) is 2.87. The van der Waals surface area contributed by atoms with Crippen molar-refractivity contribution in [3.05, 3.63) is 40.2 Å². The van der Waals surface area contributed by atoms with Gasteiger partial charge in [0.05, 0.1) is 29.7 Å². The third kappa shape index (κ3) is 2.72. The molecule has 0 amide bonds. The third-order valence-corrected chi connectivity index (χ3v) is 3.34. The van der Waals surface area contributed by atoms with E-state index in [1.54, 1.807) is 12.3 Å². The Morgan fingerprint density at radius 1 is 1.55 bits per heavy atom. The van der Waals surface area contributed by atoms with Crippen LogP contribution in [0.3, 0.4) is 0 Å². The Morgan fingerprint density at radius 3 is 2.90 bits per heavy atom. The van der Waals surface area contributed by atoms with Crippen molar-refractivity contribution < 1.29 is 9.66 Å². The summed E-state index contributed by atoms with van der Waals surface area (Å²) in [6.07, 6.45) is 2.42. The van der Waals surface area contributed by atoms with E-state index in [0.717, 1.165) is 6.42 Å². The summed E-state index contributed by atoms with van der Waals surface area (Å²) in [5.41, 5.74) is 1.17. The van der Waals surface area contributed by atoms with Crippen molar-refractivity contribution in [3.63, 3.8) is 0 Å². The Labute approximate surface area is 120 Å². The minimum absolute atomic E-state index is 0.0466.